The van der Waals surface area contributed by atoms with Crippen LogP contribution in [-0.2, 0) is 0 Å². The Morgan fingerprint density at radius 2 is 0.580 bits per heavy atom. The van der Waals surface area contributed by atoms with Gasteiger partial charge >= 0.3 is 0 Å². The van der Waals surface area contributed by atoms with Crippen molar-refractivity contribution in [3.8, 4) is 0 Å². The molecular weight excluding hydrogens is 785 g/mol. The van der Waals surface area contributed by atoms with Gasteiger partial charge < -0.3 is 9.80 Å². The Labute approximate surface area is 310 Å². The van der Waals surface area contributed by atoms with E-state index in [1.807, 2.05) is 0 Å². The molecule has 0 fully saturated rings. The minimum atomic E-state index is -0.679. The lowest BCUT2D eigenvalue weighted by atomic mass is 10.1. The van der Waals surface area contributed by atoms with Crippen molar-refractivity contribution >= 4 is 126 Å². The van der Waals surface area contributed by atoms with Gasteiger partial charge in [-0.2, -0.15) is 0 Å². The van der Waals surface area contributed by atoms with Crippen LogP contribution < -0.4 is 9.80 Å². The van der Waals surface area contributed by atoms with Crippen molar-refractivity contribution in [2.75, 3.05) is 9.80 Å². The van der Waals surface area contributed by atoms with E-state index in [1.54, 1.807) is 0 Å². The van der Waals surface area contributed by atoms with Crippen molar-refractivity contribution in [2.45, 2.75) is 0 Å². The zero-order valence-electron chi connectivity index (χ0n) is 24.3. The van der Waals surface area contributed by atoms with E-state index in [0.29, 0.717) is 0 Å². The van der Waals surface area contributed by atoms with Crippen LogP contribution in [0, 0.1) is 40.5 Å². The zero-order chi connectivity index (χ0) is 36.6. The van der Waals surface area contributed by atoms with E-state index in [9.17, 15) is 40.5 Å². The third kappa shape index (κ3) is 7.16. The first-order valence-corrected chi connectivity index (χ1v) is 15.7. The zero-order valence-corrected chi connectivity index (χ0v) is 28.8. The average Bonchev–Trinajstić information content (AvgIpc) is 3.03. The molecule has 0 atom stereocenters. The van der Waals surface area contributed by atoms with E-state index < -0.39 is 42.4 Å². The number of halogens is 6. The first-order chi connectivity index (χ1) is 23.6. The van der Waals surface area contributed by atoms with Gasteiger partial charge in [0.2, 0.25) is 0 Å². The van der Waals surface area contributed by atoms with Crippen LogP contribution in [-0.4, -0.2) is 19.7 Å². The van der Waals surface area contributed by atoms with Gasteiger partial charge in [0.1, 0.15) is 20.1 Å². The van der Waals surface area contributed by atoms with E-state index in [2.05, 4.69) is 0 Å². The van der Waals surface area contributed by atoms with E-state index in [0.717, 1.165) is 24.3 Å². The maximum Gasteiger partial charge on any atom is 0.288 e. The number of benzene rings is 5. The Balaban J connectivity index is 1.75. The Bertz CT molecular complexity index is 1980. The largest absolute Gasteiger partial charge is 0.309 e. The molecule has 0 saturated carbocycles. The number of anilines is 6. The van der Waals surface area contributed by atoms with Gasteiger partial charge in [-0.15, -0.1) is 0 Å². The SMILES string of the molecule is O=[N+]([O-])c1ccc(N(c2ccc([N+](=O)[O-])c(Cl)c2)c2cc(Cl)c(N(c3ccc([N+](=O)[O-])c(Cl)c3)c3ccc([N+](=O)[O-])c(Cl)c3)cc2Cl)cc1Cl. The van der Waals surface area contributed by atoms with E-state index in [4.69, 9.17) is 69.6 Å². The molecule has 0 amide bonds. The summed E-state index contributed by atoms with van der Waals surface area (Å²) in [7, 11) is 0. The lowest BCUT2D eigenvalue weighted by Crippen LogP contribution is -2.14. The van der Waals surface area contributed by atoms with Crippen LogP contribution in [0.1, 0.15) is 0 Å². The minimum Gasteiger partial charge on any atom is -0.309 e. The fourth-order valence-electron chi connectivity index (χ4n) is 4.85. The highest BCUT2D eigenvalue weighted by Crippen LogP contribution is 2.49. The third-order valence-electron chi connectivity index (χ3n) is 7.04. The van der Waals surface area contributed by atoms with Crippen molar-refractivity contribution in [3.05, 3.63) is 156 Å². The van der Waals surface area contributed by atoms with Gasteiger partial charge in [0.25, 0.3) is 22.7 Å². The summed E-state index contributed by atoms with van der Waals surface area (Å²) in [5, 5.41) is 44.9. The summed E-state index contributed by atoms with van der Waals surface area (Å²) in [6, 6.07) is 18.0. The maximum atomic E-state index is 11.5. The molecule has 20 heteroatoms. The van der Waals surface area contributed by atoms with Gasteiger partial charge in [-0.05, 0) is 60.7 Å². The summed E-state index contributed by atoms with van der Waals surface area (Å²) < 4.78 is 0. The van der Waals surface area contributed by atoms with Crippen LogP contribution >= 0.6 is 69.6 Å². The summed E-state index contributed by atoms with van der Waals surface area (Å²) in [5.74, 6) is 0. The lowest BCUT2D eigenvalue weighted by Gasteiger charge is -2.30. The highest BCUT2D eigenvalue weighted by Gasteiger charge is 2.27. The maximum absolute atomic E-state index is 11.5. The van der Waals surface area contributed by atoms with Gasteiger partial charge in [-0.3, -0.25) is 40.5 Å². The second-order valence-corrected chi connectivity index (χ2v) is 12.4. The molecule has 0 aliphatic heterocycles. The van der Waals surface area contributed by atoms with Crippen molar-refractivity contribution < 1.29 is 19.7 Å². The highest BCUT2D eigenvalue weighted by molar-refractivity contribution is 6.38. The molecule has 0 heterocycles. The van der Waals surface area contributed by atoms with E-state index in [-0.39, 0.29) is 64.3 Å². The molecule has 5 aromatic carbocycles. The average molecular weight is 799 g/mol. The fourth-order valence-corrected chi connectivity index (χ4v) is 6.31. The van der Waals surface area contributed by atoms with Crippen LogP contribution in [0.15, 0.2) is 84.9 Å². The predicted molar refractivity (Wildman–Crippen MR) is 192 cm³/mol. The Morgan fingerprint density at radius 1 is 0.360 bits per heavy atom. The number of nitrogens with zero attached hydrogens (tertiary/aromatic N) is 6. The third-order valence-corrected chi connectivity index (χ3v) is 8.86. The van der Waals surface area contributed by atoms with Gasteiger partial charge in [-0.1, -0.05) is 69.6 Å². The van der Waals surface area contributed by atoms with Crippen molar-refractivity contribution in [3.63, 3.8) is 0 Å². The monoisotopic (exact) mass is 796 g/mol. The molecule has 0 spiro atoms. The van der Waals surface area contributed by atoms with Gasteiger partial charge in [0, 0.05) is 47.0 Å². The van der Waals surface area contributed by atoms with Crippen LogP contribution in [0.5, 0.6) is 0 Å². The second-order valence-electron chi connectivity index (χ2n) is 10.00. The molecule has 0 radical (unpaired) electrons. The summed E-state index contributed by atoms with van der Waals surface area (Å²) in [4.78, 5) is 46.0. The number of hydrogen-bond donors (Lipinski definition) is 0. The molecule has 50 heavy (non-hydrogen) atoms. The van der Waals surface area contributed by atoms with E-state index in [1.165, 1.54) is 70.5 Å². The molecule has 5 aromatic rings. The normalized spacial score (nSPS) is 10.8. The molecule has 0 bridgehead atoms. The van der Waals surface area contributed by atoms with Gasteiger partial charge in [0.05, 0.1) is 41.1 Å². The number of hydrogen-bond acceptors (Lipinski definition) is 10. The topological polar surface area (TPSA) is 179 Å². The first-order valence-electron chi connectivity index (χ1n) is 13.4. The Kier molecular flexibility index (Phi) is 10.5. The summed E-state index contributed by atoms with van der Waals surface area (Å²) >= 11 is 38.8. The van der Waals surface area contributed by atoms with Crippen molar-refractivity contribution in [2.24, 2.45) is 0 Å². The van der Waals surface area contributed by atoms with E-state index >= 15 is 0 Å². The molecule has 0 aliphatic rings. The molecular formula is C30H14Cl6N6O8. The van der Waals surface area contributed by atoms with Crippen LogP contribution in [0.25, 0.3) is 0 Å². The smallest absolute Gasteiger partial charge is 0.288 e. The number of nitro benzene ring substituents is 4. The Morgan fingerprint density at radius 3 is 0.760 bits per heavy atom. The summed E-state index contributed by atoms with van der Waals surface area (Å²) in [5.41, 5.74) is -0.389. The summed E-state index contributed by atoms with van der Waals surface area (Å²) in [6.45, 7) is 0. The lowest BCUT2D eigenvalue weighted by molar-refractivity contribution is -0.384. The minimum absolute atomic E-state index is 0.0145. The quantitative estimate of drug-likeness (QED) is 0.0974. The molecule has 254 valence electrons. The second kappa shape index (κ2) is 14.5. The number of rotatable bonds is 10. The molecule has 0 unspecified atom stereocenters. The van der Waals surface area contributed by atoms with Crippen LogP contribution in [0.3, 0.4) is 0 Å². The first kappa shape index (κ1) is 36.3. The van der Waals surface area contributed by atoms with Crippen molar-refractivity contribution in [1.29, 1.82) is 0 Å². The standard InChI is InChI=1S/C30H14Cl6N6O8/c31-19-9-15(1-5-25(19)39(43)44)37(16-2-6-26(40(45)46)20(32)10-16)29-13-24(36)30(14-23(29)35)38(17-3-7-27(41(47)48)21(33)11-17)18-4-8-28(42(49)50)22(34)12-18/h1-14H. The molecule has 0 aliphatic carbocycles. The molecule has 5 rings (SSSR count). The van der Waals surface area contributed by atoms with Crippen molar-refractivity contribution in [1.82, 2.24) is 0 Å². The molecule has 0 saturated heterocycles. The number of nitro groups is 4. The molecule has 14 nitrogen and oxygen atoms in total. The Hall–Kier alpha value is -4.96. The van der Waals surface area contributed by atoms with Crippen LogP contribution in [0.2, 0.25) is 30.1 Å². The van der Waals surface area contributed by atoms with Crippen LogP contribution in [0.4, 0.5) is 56.9 Å². The predicted octanol–water partition coefficient (Wildman–Crippen LogP) is 12.2. The van der Waals surface area contributed by atoms with Gasteiger partial charge in [-0.25, -0.2) is 0 Å². The summed E-state index contributed by atoms with van der Waals surface area (Å²) in [6.07, 6.45) is 0. The molecule has 0 N–H and O–H groups in total. The van der Waals surface area contributed by atoms with Gasteiger partial charge in [0.15, 0.2) is 0 Å². The fraction of sp³-hybridized carbons (Fsp3) is 0. The highest BCUT2D eigenvalue weighted by atomic mass is 35.5. The molecule has 0 aromatic heterocycles.